The van der Waals surface area contributed by atoms with Crippen LogP contribution in [0.15, 0.2) is 47.3 Å². The second-order valence-electron chi connectivity index (χ2n) is 7.66. The van der Waals surface area contributed by atoms with E-state index in [-0.39, 0.29) is 29.5 Å². The number of likely N-dealkylation sites (tertiary alicyclic amines) is 1. The van der Waals surface area contributed by atoms with Crippen molar-refractivity contribution in [1.29, 1.82) is 0 Å². The number of aromatic amines is 1. The van der Waals surface area contributed by atoms with E-state index < -0.39 is 6.04 Å². The lowest BCUT2D eigenvalue weighted by Crippen LogP contribution is -2.47. The van der Waals surface area contributed by atoms with Crippen LogP contribution in [0.25, 0.3) is 10.9 Å². The fraction of sp³-hybridized carbons (Fsp3) is 0.304. The predicted octanol–water partition coefficient (Wildman–Crippen LogP) is 3.88. The van der Waals surface area contributed by atoms with E-state index >= 15 is 0 Å². The van der Waals surface area contributed by atoms with Gasteiger partial charge < -0.3 is 14.8 Å². The van der Waals surface area contributed by atoms with Gasteiger partial charge in [0.05, 0.1) is 28.0 Å². The van der Waals surface area contributed by atoms with E-state index in [2.05, 4.69) is 9.97 Å². The second-order valence-corrected chi connectivity index (χ2v) is 8.51. The molecule has 1 aliphatic heterocycles. The molecule has 0 spiro atoms. The second kappa shape index (κ2) is 9.30. The molecule has 3 aromatic rings. The van der Waals surface area contributed by atoms with Gasteiger partial charge in [0.1, 0.15) is 11.9 Å². The molecule has 9 heteroatoms. The summed E-state index contributed by atoms with van der Waals surface area (Å²) in [6.07, 6.45) is 1.27. The third-order valence-corrected chi connectivity index (χ3v) is 6.22. The highest BCUT2D eigenvalue weighted by atomic mass is 35.5. The number of rotatable bonds is 5. The maximum Gasteiger partial charge on any atom is 0.258 e. The summed E-state index contributed by atoms with van der Waals surface area (Å²) in [5, 5.41) is 1.20. The summed E-state index contributed by atoms with van der Waals surface area (Å²) in [5.74, 6) is -0.105. The normalized spacial score (nSPS) is 15.8. The quantitative estimate of drug-likeness (QED) is 0.610. The average Bonchev–Trinajstić information content (AvgIpc) is 3.28. The highest BCUT2D eigenvalue weighted by Crippen LogP contribution is 2.27. The Morgan fingerprint density at radius 2 is 2.00 bits per heavy atom. The zero-order valence-corrected chi connectivity index (χ0v) is 19.0. The lowest BCUT2D eigenvalue weighted by Gasteiger charge is -2.29. The zero-order valence-electron chi connectivity index (χ0n) is 17.5. The Labute approximate surface area is 194 Å². The van der Waals surface area contributed by atoms with Crippen LogP contribution in [0.4, 0.5) is 0 Å². The molecule has 7 nitrogen and oxygen atoms in total. The summed E-state index contributed by atoms with van der Waals surface area (Å²) in [4.78, 5) is 49.3. The Morgan fingerprint density at radius 3 is 2.78 bits per heavy atom. The lowest BCUT2D eigenvalue weighted by atomic mass is 10.1. The van der Waals surface area contributed by atoms with Crippen molar-refractivity contribution in [2.45, 2.75) is 32.4 Å². The molecule has 166 valence electrons. The maximum absolute atomic E-state index is 13.4. The molecule has 1 saturated heterocycles. The Bertz CT molecular complexity index is 1240. The molecule has 32 heavy (non-hydrogen) atoms. The minimum absolute atomic E-state index is 0.145. The number of likely N-dealkylation sites (N-methyl/N-ethyl adjacent to an activating group) is 1. The number of carbonyl (C=O) groups excluding carboxylic acids is 2. The number of benzene rings is 2. The first-order chi connectivity index (χ1) is 15.4. The molecule has 0 aliphatic carbocycles. The molecule has 1 fully saturated rings. The number of nitrogens with zero attached hydrogens (tertiary/aromatic N) is 3. The first kappa shape index (κ1) is 22.3. The fourth-order valence-corrected chi connectivity index (χ4v) is 4.40. The van der Waals surface area contributed by atoms with Gasteiger partial charge in [0.15, 0.2) is 0 Å². The van der Waals surface area contributed by atoms with E-state index in [1.807, 2.05) is 13.0 Å². The van der Waals surface area contributed by atoms with E-state index in [1.165, 1.54) is 6.07 Å². The first-order valence-electron chi connectivity index (χ1n) is 10.4. The number of nitrogens with one attached hydrogen (secondary N) is 1. The van der Waals surface area contributed by atoms with Crippen molar-refractivity contribution in [2.24, 2.45) is 0 Å². The largest absolute Gasteiger partial charge is 0.334 e. The maximum atomic E-state index is 13.4. The molecule has 1 atom stereocenters. The Kier molecular flexibility index (Phi) is 6.48. The van der Waals surface area contributed by atoms with Gasteiger partial charge in [0, 0.05) is 18.1 Å². The van der Waals surface area contributed by atoms with Crippen molar-refractivity contribution < 1.29 is 9.59 Å². The number of fused-ring (bicyclic) bond motifs is 1. The smallest absolute Gasteiger partial charge is 0.258 e. The van der Waals surface area contributed by atoms with Gasteiger partial charge in [-0.25, -0.2) is 4.98 Å². The van der Waals surface area contributed by atoms with Gasteiger partial charge in [-0.15, -0.1) is 0 Å². The van der Waals surface area contributed by atoms with Crippen LogP contribution in [-0.4, -0.2) is 50.7 Å². The molecule has 2 heterocycles. The molecule has 1 N–H and O–H groups in total. The van der Waals surface area contributed by atoms with E-state index in [0.717, 1.165) is 0 Å². The topological polar surface area (TPSA) is 86.4 Å². The van der Waals surface area contributed by atoms with Gasteiger partial charge in [-0.05, 0) is 50.1 Å². The fourth-order valence-electron chi connectivity index (χ4n) is 4.03. The number of aromatic nitrogens is 2. The van der Waals surface area contributed by atoms with Crippen molar-refractivity contribution in [2.75, 3.05) is 13.1 Å². The van der Waals surface area contributed by atoms with Crippen LogP contribution in [0.2, 0.25) is 10.0 Å². The average molecular weight is 473 g/mol. The van der Waals surface area contributed by atoms with Crippen molar-refractivity contribution in [3.05, 3.63) is 74.3 Å². The minimum atomic E-state index is -0.607. The number of hydrogen-bond acceptors (Lipinski definition) is 4. The van der Waals surface area contributed by atoms with Crippen molar-refractivity contribution in [3.8, 4) is 0 Å². The van der Waals surface area contributed by atoms with Crippen LogP contribution >= 0.6 is 23.2 Å². The van der Waals surface area contributed by atoms with E-state index in [1.54, 1.807) is 40.1 Å². The Balaban J connectivity index is 1.57. The summed E-state index contributed by atoms with van der Waals surface area (Å²) < 4.78 is 0. The Hall–Kier alpha value is -2.90. The van der Waals surface area contributed by atoms with Crippen molar-refractivity contribution >= 4 is 45.9 Å². The van der Waals surface area contributed by atoms with Crippen LogP contribution in [0.3, 0.4) is 0 Å². The van der Waals surface area contributed by atoms with E-state index in [4.69, 9.17) is 23.2 Å². The molecule has 1 aliphatic rings. The summed E-state index contributed by atoms with van der Waals surface area (Å²) in [6, 6.07) is 11.2. The van der Waals surface area contributed by atoms with E-state index in [0.29, 0.717) is 52.7 Å². The standard InChI is InChI=1S/C23H22Cl2N4O3/c1-2-28(13-20-26-18-7-4-3-6-15(18)21(30)27-20)23(32)19-8-5-11-29(19)22(31)16-12-14(24)9-10-17(16)25/h3-4,6-7,9-10,12,19H,2,5,8,11,13H2,1H3,(H,26,27,30). The van der Waals surface area contributed by atoms with Crippen molar-refractivity contribution in [1.82, 2.24) is 19.8 Å². The zero-order chi connectivity index (χ0) is 22.8. The first-order valence-corrected chi connectivity index (χ1v) is 11.2. The number of carbonyl (C=O) groups is 2. The monoisotopic (exact) mass is 472 g/mol. The van der Waals surface area contributed by atoms with Crippen LogP contribution in [0, 0.1) is 0 Å². The predicted molar refractivity (Wildman–Crippen MR) is 124 cm³/mol. The van der Waals surface area contributed by atoms with E-state index in [9.17, 15) is 14.4 Å². The summed E-state index contributed by atoms with van der Waals surface area (Å²) in [6.45, 7) is 2.87. The van der Waals surface area contributed by atoms with Gasteiger partial charge in [-0.3, -0.25) is 14.4 Å². The van der Waals surface area contributed by atoms with Gasteiger partial charge in [0.2, 0.25) is 5.91 Å². The molecule has 0 radical (unpaired) electrons. The lowest BCUT2D eigenvalue weighted by molar-refractivity contribution is -0.135. The highest BCUT2D eigenvalue weighted by molar-refractivity contribution is 6.35. The third-order valence-electron chi connectivity index (χ3n) is 5.65. The molecule has 0 bridgehead atoms. The molecular formula is C23H22Cl2N4O3. The highest BCUT2D eigenvalue weighted by Gasteiger charge is 2.37. The third kappa shape index (κ3) is 4.36. The number of hydrogen-bond donors (Lipinski definition) is 1. The van der Waals surface area contributed by atoms with Gasteiger partial charge in [-0.2, -0.15) is 0 Å². The molecule has 2 aromatic carbocycles. The number of halogens is 2. The molecule has 4 rings (SSSR count). The van der Waals surface area contributed by atoms with Crippen LogP contribution in [0.5, 0.6) is 0 Å². The summed E-state index contributed by atoms with van der Waals surface area (Å²) >= 11 is 12.3. The van der Waals surface area contributed by atoms with Crippen molar-refractivity contribution in [3.63, 3.8) is 0 Å². The molecule has 1 aromatic heterocycles. The molecular weight excluding hydrogens is 451 g/mol. The van der Waals surface area contributed by atoms with Crippen LogP contribution in [-0.2, 0) is 11.3 Å². The SMILES string of the molecule is CCN(Cc1nc2ccccc2c(=O)[nH]1)C(=O)C1CCCN1C(=O)c1cc(Cl)ccc1Cl. The molecule has 0 saturated carbocycles. The van der Waals surface area contributed by atoms with Crippen LogP contribution in [0.1, 0.15) is 35.9 Å². The summed E-state index contributed by atoms with van der Waals surface area (Å²) in [7, 11) is 0. The molecule has 2 amide bonds. The number of amides is 2. The summed E-state index contributed by atoms with van der Waals surface area (Å²) in [5.41, 5.74) is 0.604. The number of H-pyrrole nitrogens is 1. The van der Waals surface area contributed by atoms with Gasteiger partial charge >= 0.3 is 0 Å². The van der Waals surface area contributed by atoms with Crippen LogP contribution < -0.4 is 5.56 Å². The van der Waals surface area contributed by atoms with Gasteiger partial charge in [0.25, 0.3) is 11.5 Å². The Morgan fingerprint density at radius 1 is 1.22 bits per heavy atom. The molecule has 1 unspecified atom stereocenters. The number of para-hydroxylation sites is 1. The van der Waals surface area contributed by atoms with Gasteiger partial charge in [-0.1, -0.05) is 35.3 Å². The minimum Gasteiger partial charge on any atom is -0.334 e.